The molecule has 0 amide bonds. The van der Waals surface area contributed by atoms with Crippen LogP contribution in [0.4, 0.5) is 10.3 Å². The molecule has 3 unspecified atom stereocenters. The fraction of sp³-hybridized carbons (Fsp3) is 0.208. The first-order chi connectivity index (χ1) is 14.6. The van der Waals surface area contributed by atoms with E-state index in [1.165, 1.54) is 12.2 Å². The average Bonchev–Trinajstić information content (AvgIpc) is 2.79. The predicted molar refractivity (Wildman–Crippen MR) is 117 cm³/mol. The Hall–Kier alpha value is -3.38. The van der Waals surface area contributed by atoms with Crippen molar-refractivity contribution in [2.24, 2.45) is 11.8 Å². The molecule has 0 fully saturated rings. The summed E-state index contributed by atoms with van der Waals surface area (Å²) < 4.78 is 13.2. The van der Waals surface area contributed by atoms with E-state index >= 15 is 0 Å². The third-order valence-electron chi connectivity index (χ3n) is 5.30. The molecule has 0 saturated heterocycles. The van der Waals surface area contributed by atoms with E-state index in [0.29, 0.717) is 30.3 Å². The van der Waals surface area contributed by atoms with Crippen LogP contribution in [0.1, 0.15) is 17.7 Å². The van der Waals surface area contributed by atoms with Gasteiger partial charge in [0.15, 0.2) is 0 Å². The van der Waals surface area contributed by atoms with E-state index in [4.69, 9.17) is 5.41 Å². The number of aliphatic hydroxyl groups is 1. The molecule has 1 aromatic heterocycles. The molecule has 0 radical (unpaired) electrons. The highest BCUT2D eigenvalue weighted by atomic mass is 19.1. The number of benzene rings is 1. The van der Waals surface area contributed by atoms with Gasteiger partial charge >= 0.3 is 0 Å². The summed E-state index contributed by atoms with van der Waals surface area (Å²) in [7, 11) is 0. The highest BCUT2D eigenvalue weighted by Gasteiger charge is 2.29. The molecule has 1 heterocycles. The number of aliphatic hydroxyl groups excluding tert-OH is 1. The van der Waals surface area contributed by atoms with Crippen molar-refractivity contribution < 1.29 is 9.50 Å². The van der Waals surface area contributed by atoms with Crippen LogP contribution in [0, 0.1) is 17.2 Å². The minimum absolute atomic E-state index is 0.229. The van der Waals surface area contributed by atoms with E-state index in [9.17, 15) is 9.50 Å². The molecule has 6 heteroatoms. The second kappa shape index (κ2) is 8.97. The monoisotopic (exact) mass is 402 g/mol. The molecule has 0 spiro atoms. The number of anilines is 1. The first kappa shape index (κ1) is 19.9. The van der Waals surface area contributed by atoms with Gasteiger partial charge in [-0.3, -0.25) is 0 Å². The van der Waals surface area contributed by atoms with E-state index in [0.717, 1.165) is 11.1 Å². The lowest BCUT2D eigenvalue weighted by Gasteiger charge is -2.28. The van der Waals surface area contributed by atoms with Gasteiger partial charge in [-0.1, -0.05) is 48.6 Å². The fourth-order valence-electron chi connectivity index (χ4n) is 3.59. The van der Waals surface area contributed by atoms with Gasteiger partial charge in [0.1, 0.15) is 5.83 Å². The third kappa shape index (κ3) is 4.60. The molecule has 3 N–H and O–H groups in total. The smallest absolute Gasteiger partial charge is 0.223 e. The highest BCUT2D eigenvalue weighted by molar-refractivity contribution is 6.01. The van der Waals surface area contributed by atoms with Gasteiger partial charge in [-0.15, -0.1) is 0 Å². The van der Waals surface area contributed by atoms with Gasteiger partial charge in [-0.2, -0.15) is 0 Å². The van der Waals surface area contributed by atoms with E-state index in [1.807, 2.05) is 42.5 Å². The van der Waals surface area contributed by atoms with Crippen LogP contribution in [0.3, 0.4) is 0 Å². The molecular weight excluding hydrogens is 379 g/mol. The Morgan fingerprint density at radius 3 is 2.77 bits per heavy atom. The number of allylic oxidation sites excluding steroid dienone is 6. The lowest BCUT2D eigenvalue weighted by atomic mass is 9.80. The number of rotatable bonds is 6. The molecule has 4 rings (SSSR count). The van der Waals surface area contributed by atoms with Gasteiger partial charge in [0.2, 0.25) is 5.95 Å². The summed E-state index contributed by atoms with van der Waals surface area (Å²) in [5, 5.41) is 22.3. The van der Waals surface area contributed by atoms with Gasteiger partial charge in [-0.05, 0) is 41.9 Å². The minimum Gasteiger partial charge on any atom is -0.391 e. The van der Waals surface area contributed by atoms with Gasteiger partial charge in [0.05, 0.1) is 11.8 Å². The van der Waals surface area contributed by atoms with Crippen LogP contribution >= 0.6 is 0 Å². The van der Waals surface area contributed by atoms with Crippen molar-refractivity contribution in [2.45, 2.75) is 19.1 Å². The Morgan fingerprint density at radius 2 is 2.00 bits per heavy atom. The maximum Gasteiger partial charge on any atom is 0.223 e. The molecule has 0 bridgehead atoms. The molecule has 1 aromatic carbocycles. The van der Waals surface area contributed by atoms with Crippen molar-refractivity contribution in [3.8, 4) is 0 Å². The van der Waals surface area contributed by atoms with Crippen molar-refractivity contribution >= 4 is 17.2 Å². The largest absolute Gasteiger partial charge is 0.391 e. The van der Waals surface area contributed by atoms with Gasteiger partial charge < -0.3 is 15.8 Å². The SMILES string of the molecule is N=C1C=CC(c2ccnc(NCc3ccccc3)n2)=CC1C(O)C1C=CC(F)=CC1. The molecule has 2 aromatic rings. The van der Waals surface area contributed by atoms with Crippen molar-refractivity contribution in [1.82, 2.24) is 9.97 Å². The third-order valence-corrected chi connectivity index (χ3v) is 5.30. The highest BCUT2D eigenvalue weighted by Crippen LogP contribution is 2.30. The molecular formula is C24H23FN4O. The maximum absolute atomic E-state index is 13.2. The van der Waals surface area contributed by atoms with Crippen molar-refractivity contribution in [2.75, 3.05) is 5.32 Å². The zero-order chi connectivity index (χ0) is 20.9. The molecule has 0 aliphatic heterocycles. The van der Waals surface area contributed by atoms with Crippen LogP contribution in [0.2, 0.25) is 0 Å². The lowest BCUT2D eigenvalue weighted by molar-refractivity contribution is 0.112. The van der Waals surface area contributed by atoms with Crippen molar-refractivity contribution in [3.63, 3.8) is 0 Å². The van der Waals surface area contributed by atoms with Crippen molar-refractivity contribution in [3.05, 3.63) is 96.1 Å². The molecule has 0 saturated carbocycles. The number of hydrogen-bond acceptors (Lipinski definition) is 5. The lowest BCUT2D eigenvalue weighted by Crippen LogP contribution is -2.33. The van der Waals surface area contributed by atoms with Crippen molar-refractivity contribution in [1.29, 1.82) is 5.41 Å². The van der Waals surface area contributed by atoms with E-state index in [1.54, 1.807) is 24.4 Å². The Labute approximate surface area is 174 Å². The number of halogens is 1. The van der Waals surface area contributed by atoms with Gasteiger partial charge in [0, 0.05) is 30.3 Å². The topological polar surface area (TPSA) is 81.9 Å². The van der Waals surface area contributed by atoms with Gasteiger partial charge in [-0.25, -0.2) is 14.4 Å². The summed E-state index contributed by atoms with van der Waals surface area (Å²) in [6, 6.07) is 11.8. The van der Waals surface area contributed by atoms with Crippen LogP contribution in [0.5, 0.6) is 0 Å². The molecule has 30 heavy (non-hydrogen) atoms. The molecule has 2 aliphatic carbocycles. The Bertz CT molecular complexity index is 1040. The summed E-state index contributed by atoms with van der Waals surface area (Å²) >= 11 is 0. The normalized spacial score (nSPS) is 21.7. The zero-order valence-electron chi connectivity index (χ0n) is 16.4. The Morgan fingerprint density at radius 1 is 1.17 bits per heavy atom. The Balaban J connectivity index is 1.50. The summed E-state index contributed by atoms with van der Waals surface area (Å²) in [6.07, 6.45) is 11.2. The number of nitrogens with one attached hydrogen (secondary N) is 2. The van der Waals surface area contributed by atoms with Crippen LogP contribution in [-0.4, -0.2) is 26.9 Å². The average molecular weight is 402 g/mol. The summed E-state index contributed by atoms with van der Waals surface area (Å²) in [6.45, 7) is 0.614. The predicted octanol–water partition coefficient (Wildman–Crippen LogP) is 4.47. The molecule has 152 valence electrons. The minimum atomic E-state index is -0.810. The number of aromatic nitrogens is 2. The summed E-state index contributed by atoms with van der Waals surface area (Å²) in [4.78, 5) is 8.87. The number of hydrogen-bond donors (Lipinski definition) is 3. The first-order valence-corrected chi connectivity index (χ1v) is 9.91. The molecule has 2 aliphatic rings. The van der Waals surface area contributed by atoms with E-state index in [-0.39, 0.29) is 11.7 Å². The quantitative estimate of drug-likeness (QED) is 0.666. The summed E-state index contributed by atoms with van der Waals surface area (Å²) in [5.41, 5.74) is 2.99. The number of nitrogens with zero attached hydrogens (tertiary/aromatic N) is 2. The second-order valence-corrected chi connectivity index (χ2v) is 7.38. The zero-order valence-corrected chi connectivity index (χ0v) is 16.4. The fourth-order valence-corrected chi connectivity index (χ4v) is 3.59. The van der Waals surface area contributed by atoms with Crippen LogP contribution in [-0.2, 0) is 6.54 Å². The van der Waals surface area contributed by atoms with Crippen LogP contribution < -0.4 is 5.32 Å². The first-order valence-electron chi connectivity index (χ1n) is 9.91. The molecule has 3 atom stereocenters. The maximum atomic E-state index is 13.2. The Kier molecular flexibility index (Phi) is 5.95. The van der Waals surface area contributed by atoms with E-state index in [2.05, 4.69) is 15.3 Å². The van der Waals surface area contributed by atoms with Gasteiger partial charge in [0.25, 0.3) is 0 Å². The standard InChI is InChI=1S/C24H23FN4O/c25-19-9-6-17(7-10-19)23(30)20-14-18(8-11-21(20)26)22-12-13-27-24(29-22)28-15-16-4-2-1-3-5-16/h1-6,8-14,17,20,23,26,30H,7,15H2,(H,27,28,29). The molecule has 5 nitrogen and oxygen atoms in total. The summed E-state index contributed by atoms with van der Waals surface area (Å²) in [5.74, 6) is -0.485. The van der Waals surface area contributed by atoms with Crippen LogP contribution in [0.25, 0.3) is 5.57 Å². The van der Waals surface area contributed by atoms with E-state index < -0.39 is 12.0 Å². The second-order valence-electron chi connectivity index (χ2n) is 7.38. The van der Waals surface area contributed by atoms with Crippen LogP contribution in [0.15, 0.2) is 84.9 Å².